The quantitative estimate of drug-likeness (QED) is 0.748. The molecule has 0 amide bonds. The lowest BCUT2D eigenvalue weighted by atomic mass is 9.79. The van der Waals surface area contributed by atoms with E-state index in [1.54, 1.807) is 0 Å². The van der Waals surface area contributed by atoms with Gasteiger partial charge in [0.2, 0.25) is 0 Å². The molecule has 1 rings (SSSR count). The summed E-state index contributed by atoms with van der Waals surface area (Å²) in [6.45, 7) is 3.86. The Balaban J connectivity index is 2.40. The summed E-state index contributed by atoms with van der Waals surface area (Å²) in [5.74, 6) is 1.36. The molecule has 0 saturated heterocycles. The van der Waals surface area contributed by atoms with Gasteiger partial charge < -0.3 is 10.0 Å². The molecule has 15 heavy (non-hydrogen) atoms. The Labute approximate surface area is 92.5 Å². The van der Waals surface area contributed by atoms with Crippen molar-refractivity contribution in [2.75, 3.05) is 26.7 Å². The van der Waals surface area contributed by atoms with Crippen LogP contribution in [-0.2, 0) is 4.79 Å². The third-order valence-electron chi connectivity index (χ3n) is 3.46. The predicted molar refractivity (Wildman–Crippen MR) is 60.7 cm³/mol. The fraction of sp³-hybridized carbons (Fsp3) is 0.917. The number of hydrogen-bond donors (Lipinski definition) is 1. The number of carbonyl (C=O) groups is 1. The zero-order valence-electron chi connectivity index (χ0n) is 9.91. The monoisotopic (exact) mass is 213 g/mol. The molecule has 0 aliphatic heterocycles. The number of ketones is 1. The molecular formula is C12H23NO2. The number of aliphatic hydroxyl groups excluding tert-OH is 1. The summed E-state index contributed by atoms with van der Waals surface area (Å²) >= 11 is 0. The summed E-state index contributed by atoms with van der Waals surface area (Å²) in [4.78, 5) is 13.8. The normalized spacial score (nSPS) is 27.3. The van der Waals surface area contributed by atoms with Gasteiger partial charge in [-0.3, -0.25) is 4.79 Å². The van der Waals surface area contributed by atoms with Crippen molar-refractivity contribution in [1.82, 2.24) is 4.90 Å². The maximum atomic E-state index is 11.7. The molecule has 1 aliphatic rings. The number of hydrogen-bond acceptors (Lipinski definition) is 3. The Hall–Kier alpha value is -0.410. The maximum absolute atomic E-state index is 11.7. The highest BCUT2D eigenvalue weighted by Crippen LogP contribution is 2.28. The second-order valence-electron chi connectivity index (χ2n) is 4.70. The van der Waals surface area contributed by atoms with E-state index in [4.69, 9.17) is 5.11 Å². The lowest BCUT2D eigenvalue weighted by Gasteiger charge is -2.30. The average molecular weight is 213 g/mol. The Morgan fingerprint density at radius 2 is 2.27 bits per heavy atom. The van der Waals surface area contributed by atoms with Gasteiger partial charge in [-0.1, -0.05) is 13.3 Å². The fourth-order valence-corrected chi connectivity index (χ4v) is 2.39. The zero-order valence-corrected chi connectivity index (χ0v) is 9.91. The highest BCUT2D eigenvalue weighted by Gasteiger charge is 2.28. The van der Waals surface area contributed by atoms with Crippen molar-refractivity contribution in [2.45, 2.75) is 32.6 Å². The summed E-state index contributed by atoms with van der Waals surface area (Å²) in [5.41, 5.74) is 0. The molecule has 1 saturated carbocycles. The fourth-order valence-electron chi connectivity index (χ4n) is 2.39. The SMILES string of the molecule is CCC1CCC(=O)C(CN(C)CCO)C1. The van der Waals surface area contributed by atoms with Crippen molar-refractivity contribution in [3.05, 3.63) is 0 Å². The number of nitrogens with zero attached hydrogens (tertiary/aromatic N) is 1. The maximum Gasteiger partial charge on any atom is 0.137 e. The van der Waals surface area contributed by atoms with Gasteiger partial charge in [-0.05, 0) is 25.8 Å². The van der Waals surface area contributed by atoms with Crippen molar-refractivity contribution in [2.24, 2.45) is 11.8 Å². The van der Waals surface area contributed by atoms with E-state index in [2.05, 4.69) is 11.8 Å². The van der Waals surface area contributed by atoms with Crippen molar-refractivity contribution in [1.29, 1.82) is 0 Å². The highest BCUT2D eigenvalue weighted by atomic mass is 16.3. The van der Waals surface area contributed by atoms with E-state index in [-0.39, 0.29) is 12.5 Å². The molecular weight excluding hydrogens is 190 g/mol. The number of likely N-dealkylation sites (N-methyl/N-ethyl adjacent to an activating group) is 1. The molecule has 2 unspecified atom stereocenters. The number of rotatable bonds is 5. The first-order valence-electron chi connectivity index (χ1n) is 5.99. The minimum absolute atomic E-state index is 0.175. The topological polar surface area (TPSA) is 40.5 Å². The van der Waals surface area contributed by atoms with E-state index >= 15 is 0 Å². The van der Waals surface area contributed by atoms with E-state index in [1.807, 2.05) is 7.05 Å². The predicted octanol–water partition coefficient (Wildman–Crippen LogP) is 1.31. The van der Waals surface area contributed by atoms with Crippen LogP contribution in [0.4, 0.5) is 0 Å². The van der Waals surface area contributed by atoms with Crippen LogP contribution < -0.4 is 0 Å². The van der Waals surface area contributed by atoms with Crippen LogP contribution in [0.25, 0.3) is 0 Å². The Morgan fingerprint density at radius 3 is 2.87 bits per heavy atom. The summed E-state index contributed by atoms with van der Waals surface area (Å²) in [6.07, 6.45) is 4.07. The molecule has 0 spiro atoms. The number of aliphatic hydroxyl groups is 1. The van der Waals surface area contributed by atoms with E-state index in [9.17, 15) is 4.79 Å². The summed E-state index contributed by atoms with van der Waals surface area (Å²) < 4.78 is 0. The van der Waals surface area contributed by atoms with Crippen LogP contribution >= 0.6 is 0 Å². The van der Waals surface area contributed by atoms with E-state index in [0.717, 1.165) is 31.7 Å². The second kappa shape index (κ2) is 6.23. The molecule has 3 heteroatoms. The minimum atomic E-state index is 0.175. The summed E-state index contributed by atoms with van der Waals surface area (Å²) in [6, 6.07) is 0. The van der Waals surface area contributed by atoms with Gasteiger partial charge in [-0.25, -0.2) is 0 Å². The van der Waals surface area contributed by atoms with Crippen molar-refractivity contribution >= 4 is 5.78 Å². The van der Waals surface area contributed by atoms with Crippen molar-refractivity contribution in [3.63, 3.8) is 0 Å². The van der Waals surface area contributed by atoms with E-state index < -0.39 is 0 Å². The number of Topliss-reactive ketones (excluding diaryl/α,β-unsaturated/α-hetero) is 1. The van der Waals surface area contributed by atoms with Crippen molar-refractivity contribution < 1.29 is 9.90 Å². The van der Waals surface area contributed by atoms with Gasteiger partial charge in [0.1, 0.15) is 5.78 Å². The zero-order chi connectivity index (χ0) is 11.3. The smallest absolute Gasteiger partial charge is 0.137 e. The molecule has 0 heterocycles. The molecule has 2 atom stereocenters. The summed E-state index contributed by atoms with van der Waals surface area (Å²) in [7, 11) is 1.97. The van der Waals surface area contributed by atoms with E-state index in [1.165, 1.54) is 6.42 Å². The van der Waals surface area contributed by atoms with Crippen LogP contribution in [-0.4, -0.2) is 42.5 Å². The average Bonchev–Trinajstić information content (AvgIpc) is 2.21. The molecule has 1 fully saturated rings. The van der Waals surface area contributed by atoms with Crippen LogP contribution in [0, 0.1) is 11.8 Å². The van der Waals surface area contributed by atoms with Gasteiger partial charge in [-0.2, -0.15) is 0 Å². The van der Waals surface area contributed by atoms with Gasteiger partial charge in [0.15, 0.2) is 0 Å². The van der Waals surface area contributed by atoms with Crippen LogP contribution in [0.2, 0.25) is 0 Å². The molecule has 1 N–H and O–H groups in total. The van der Waals surface area contributed by atoms with Gasteiger partial charge in [-0.15, -0.1) is 0 Å². The standard InChI is InChI=1S/C12H23NO2/c1-3-10-4-5-12(15)11(8-10)9-13(2)6-7-14/h10-11,14H,3-9H2,1-2H3. The third kappa shape index (κ3) is 3.92. The second-order valence-corrected chi connectivity index (χ2v) is 4.70. The third-order valence-corrected chi connectivity index (χ3v) is 3.46. The first-order chi connectivity index (χ1) is 7.17. The molecule has 1 aliphatic carbocycles. The molecule has 0 bridgehead atoms. The van der Waals surface area contributed by atoms with Crippen LogP contribution in [0.3, 0.4) is 0 Å². The largest absolute Gasteiger partial charge is 0.395 e. The number of carbonyl (C=O) groups excluding carboxylic acids is 1. The van der Waals surface area contributed by atoms with Crippen LogP contribution in [0.15, 0.2) is 0 Å². The van der Waals surface area contributed by atoms with Gasteiger partial charge in [0.05, 0.1) is 6.61 Å². The Bertz CT molecular complexity index is 206. The Kier molecular flexibility index (Phi) is 5.26. The van der Waals surface area contributed by atoms with Crippen LogP contribution in [0.1, 0.15) is 32.6 Å². The first kappa shape index (κ1) is 12.7. The lowest BCUT2D eigenvalue weighted by molar-refractivity contribution is -0.126. The van der Waals surface area contributed by atoms with Crippen LogP contribution in [0.5, 0.6) is 0 Å². The summed E-state index contributed by atoms with van der Waals surface area (Å²) in [5, 5.41) is 8.80. The molecule has 3 nitrogen and oxygen atoms in total. The lowest BCUT2D eigenvalue weighted by Crippen LogP contribution is -2.35. The molecule has 0 aromatic rings. The minimum Gasteiger partial charge on any atom is -0.395 e. The molecule has 0 aromatic heterocycles. The molecule has 88 valence electrons. The molecule has 0 radical (unpaired) electrons. The molecule has 0 aromatic carbocycles. The Morgan fingerprint density at radius 1 is 1.53 bits per heavy atom. The first-order valence-corrected chi connectivity index (χ1v) is 5.99. The van der Waals surface area contributed by atoms with E-state index in [0.29, 0.717) is 12.3 Å². The van der Waals surface area contributed by atoms with Gasteiger partial charge >= 0.3 is 0 Å². The van der Waals surface area contributed by atoms with Gasteiger partial charge in [0.25, 0.3) is 0 Å². The highest BCUT2D eigenvalue weighted by molar-refractivity contribution is 5.81. The van der Waals surface area contributed by atoms with Gasteiger partial charge in [0, 0.05) is 25.4 Å². The van der Waals surface area contributed by atoms with Crippen molar-refractivity contribution in [3.8, 4) is 0 Å².